The number of carboxylic acid groups (broad SMARTS) is 2. The smallest absolute Gasteiger partial charge is 0.335 e. The van der Waals surface area contributed by atoms with Crippen LogP contribution in [-0.2, 0) is 14.4 Å². The molecule has 0 radical (unpaired) electrons. The molecule has 3 aromatic carbocycles. The number of hydrogen-bond donors (Lipinski definition) is 4. The lowest BCUT2D eigenvalue weighted by Crippen LogP contribution is -2.34. The highest BCUT2D eigenvalue weighted by molar-refractivity contribution is 8.00. The van der Waals surface area contributed by atoms with Crippen molar-refractivity contribution >= 4 is 58.5 Å². The maximum atomic E-state index is 13.5. The van der Waals surface area contributed by atoms with Gasteiger partial charge in [0.25, 0.3) is 0 Å². The van der Waals surface area contributed by atoms with Crippen LogP contribution in [0.4, 0.5) is 11.4 Å². The van der Waals surface area contributed by atoms with E-state index in [1.165, 1.54) is 30.0 Å². The van der Waals surface area contributed by atoms with Crippen LogP contribution in [0.15, 0.2) is 89.8 Å². The molecule has 0 saturated heterocycles. The van der Waals surface area contributed by atoms with E-state index in [0.29, 0.717) is 29.0 Å². The number of carbonyl (C=O) groups excluding carboxylic acids is 2. The molecule has 0 heterocycles. The van der Waals surface area contributed by atoms with E-state index in [-0.39, 0.29) is 22.2 Å². The van der Waals surface area contributed by atoms with Crippen molar-refractivity contribution in [3.05, 3.63) is 101 Å². The first-order valence-corrected chi connectivity index (χ1v) is 13.3. The number of hydrogen-bond acceptors (Lipinski definition) is 5. The van der Waals surface area contributed by atoms with E-state index in [2.05, 4.69) is 10.6 Å². The number of benzene rings is 3. The topological polar surface area (TPSA) is 133 Å². The largest absolute Gasteiger partial charge is 0.481 e. The second-order valence-electron chi connectivity index (χ2n) is 8.91. The summed E-state index contributed by atoms with van der Waals surface area (Å²) in [5, 5.41) is 23.8. The van der Waals surface area contributed by atoms with Crippen LogP contribution < -0.4 is 10.6 Å². The number of aliphatic carboxylic acids is 1. The summed E-state index contributed by atoms with van der Waals surface area (Å²) in [5.74, 6) is -4.41. The number of carbonyl (C=O) groups is 4. The molecule has 3 aromatic rings. The molecule has 1 aliphatic rings. The molecule has 0 saturated carbocycles. The zero-order valence-corrected chi connectivity index (χ0v) is 22.1. The third-order valence-corrected chi connectivity index (χ3v) is 7.83. The van der Waals surface area contributed by atoms with Crippen molar-refractivity contribution in [1.82, 2.24) is 0 Å². The molecule has 8 nitrogen and oxygen atoms in total. The van der Waals surface area contributed by atoms with Gasteiger partial charge in [0.2, 0.25) is 11.8 Å². The van der Waals surface area contributed by atoms with Gasteiger partial charge in [-0.25, -0.2) is 4.79 Å². The van der Waals surface area contributed by atoms with E-state index < -0.39 is 34.9 Å². The zero-order chi connectivity index (χ0) is 27.9. The lowest BCUT2D eigenvalue weighted by Gasteiger charge is -2.24. The molecule has 0 aromatic heterocycles. The summed E-state index contributed by atoms with van der Waals surface area (Å²) in [5.41, 5.74) is 1.35. The van der Waals surface area contributed by atoms with Crippen LogP contribution in [0.25, 0.3) is 0 Å². The van der Waals surface area contributed by atoms with Gasteiger partial charge in [-0.2, -0.15) is 0 Å². The Morgan fingerprint density at radius 2 is 1.56 bits per heavy atom. The number of aromatic carboxylic acids is 1. The molecule has 200 valence electrons. The third-order valence-electron chi connectivity index (χ3n) is 6.25. The molecule has 0 spiro atoms. The predicted molar refractivity (Wildman–Crippen MR) is 150 cm³/mol. The van der Waals surface area contributed by atoms with Gasteiger partial charge in [-0.05, 0) is 54.8 Å². The van der Waals surface area contributed by atoms with Gasteiger partial charge in [-0.3, -0.25) is 14.4 Å². The predicted octanol–water partition coefficient (Wildman–Crippen LogP) is 6.12. The standard InChI is InChI=1S/C29H25ClN2O6S/c30-23-14-13-18(28(35)36)15-24(23)32-27(34)25(17-7-2-1-3-8-17)39-20-10-6-9-19(16-20)31-26(33)21-11-4-5-12-22(21)29(37)38/h1-10,13-16,21-22,25H,11-12H2,(H,31,33)(H,32,34)(H,35,36)(H,37,38). The quantitative estimate of drug-likeness (QED) is 0.182. The fourth-order valence-corrected chi connectivity index (χ4v) is 5.50. The Hall–Kier alpha value is -4.08. The molecule has 4 rings (SSSR count). The molecule has 1 aliphatic carbocycles. The van der Waals surface area contributed by atoms with Crippen LogP contribution in [0.5, 0.6) is 0 Å². The molecule has 0 fully saturated rings. The average Bonchev–Trinajstić information content (AvgIpc) is 2.93. The van der Waals surface area contributed by atoms with E-state index in [1.807, 2.05) is 24.3 Å². The molecule has 10 heteroatoms. The fourth-order valence-electron chi connectivity index (χ4n) is 4.25. The van der Waals surface area contributed by atoms with Crippen molar-refractivity contribution in [3.63, 3.8) is 0 Å². The Morgan fingerprint density at radius 1 is 0.846 bits per heavy atom. The highest BCUT2D eigenvalue weighted by Gasteiger charge is 2.34. The second-order valence-corrected chi connectivity index (χ2v) is 10.5. The molecule has 4 N–H and O–H groups in total. The molecule has 3 atom stereocenters. The van der Waals surface area contributed by atoms with E-state index >= 15 is 0 Å². The van der Waals surface area contributed by atoms with Gasteiger partial charge in [0.05, 0.1) is 28.1 Å². The van der Waals surface area contributed by atoms with Gasteiger partial charge >= 0.3 is 11.9 Å². The summed E-state index contributed by atoms with van der Waals surface area (Å²) in [6.45, 7) is 0. The van der Waals surface area contributed by atoms with E-state index in [1.54, 1.807) is 42.5 Å². The maximum Gasteiger partial charge on any atom is 0.335 e. The number of carboxylic acids is 2. The number of halogens is 1. The summed E-state index contributed by atoms with van der Waals surface area (Å²) in [4.78, 5) is 50.0. The first kappa shape index (κ1) is 27.9. The monoisotopic (exact) mass is 564 g/mol. The molecular weight excluding hydrogens is 540 g/mol. The van der Waals surface area contributed by atoms with Gasteiger partial charge in [-0.1, -0.05) is 60.2 Å². The van der Waals surface area contributed by atoms with Gasteiger partial charge in [-0.15, -0.1) is 11.8 Å². The summed E-state index contributed by atoms with van der Waals surface area (Å²) in [7, 11) is 0. The van der Waals surface area contributed by atoms with Gasteiger partial charge in [0.1, 0.15) is 5.25 Å². The van der Waals surface area contributed by atoms with Crippen LogP contribution in [0, 0.1) is 11.8 Å². The van der Waals surface area contributed by atoms with E-state index in [0.717, 1.165) is 0 Å². The van der Waals surface area contributed by atoms with Crippen LogP contribution >= 0.6 is 23.4 Å². The lowest BCUT2D eigenvalue weighted by molar-refractivity contribution is -0.146. The van der Waals surface area contributed by atoms with Crippen LogP contribution in [0.3, 0.4) is 0 Å². The van der Waals surface area contributed by atoms with Crippen LogP contribution in [0.2, 0.25) is 5.02 Å². The Kier molecular flexibility index (Phi) is 9.06. The van der Waals surface area contributed by atoms with Crippen molar-refractivity contribution in [2.75, 3.05) is 10.6 Å². The molecule has 39 heavy (non-hydrogen) atoms. The van der Waals surface area contributed by atoms with E-state index in [9.17, 15) is 29.4 Å². The normalized spacial score (nSPS) is 17.2. The van der Waals surface area contributed by atoms with Crippen molar-refractivity contribution in [2.45, 2.75) is 23.0 Å². The summed E-state index contributed by atoms with van der Waals surface area (Å²) in [6, 6.07) is 20.1. The van der Waals surface area contributed by atoms with Crippen molar-refractivity contribution in [2.24, 2.45) is 11.8 Å². The molecular formula is C29H25ClN2O6S. The molecule has 0 aliphatic heterocycles. The summed E-state index contributed by atoms with van der Waals surface area (Å²) in [6.07, 6.45) is 4.24. The van der Waals surface area contributed by atoms with Gasteiger partial charge < -0.3 is 20.8 Å². The van der Waals surface area contributed by atoms with Crippen LogP contribution in [-0.4, -0.2) is 34.0 Å². The Balaban J connectivity index is 1.55. The van der Waals surface area contributed by atoms with E-state index in [4.69, 9.17) is 11.6 Å². The number of anilines is 2. The average molecular weight is 565 g/mol. The Labute approximate surface area is 234 Å². The number of rotatable bonds is 9. The molecule has 0 bridgehead atoms. The zero-order valence-electron chi connectivity index (χ0n) is 20.5. The SMILES string of the molecule is O=C(O)c1ccc(Cl)c(NC(=O)C(Sc2cccc(NC(=O)C3CC=CCC3C(=O)O)c2)c2ccccc2)c1. The Bertz CT molecular complexity index is 1430. The first-order chi connectivity index (χ1) is 18.7. The highest BCUT2D eigenvalue weighted by Crippen LogP contribution is 2.38. The third kappa shape index (κ3) is 7.07. The highest BCUT2D eigenvalue weighted by atomic mass is 35.5. The summed E-state index contributed by atoms with van der Waals surface area (Å²) < 4.78 is 0. The number of allylic oxidation sites excluding steroid dienone is 2. The number of thioether (sulfide) groups is 1. The minimum absolute atomic E-state index is 0.0133. The fraction of sp³-hybridized carbons (Fsp3) is 0.172. The number of nitrogens with one attached hydrogen (secondary N) is 2. The van der Waals surface area contributed by atoms with Crippen LogP contribution in [0.1, 0.15) is 34.0 Å². The first-order valence-electron chi connectivity index (χ1n) is 12.1. The molecule has 3 unspecified atom stereocenters. The van der Waals surface area contributed by atoms with Crippen molar-refractivity contribution < 1.29 is 29.4 Å². The van der Waals surface area contributed by atoms with Crippen molar-refractivity contribution in [3.8, 4) is 0 Å². The summed E-state index contributed by atoms with van der Waals surface area (Å²) >= 11 is 7.46. The lowest BCUT2D eigenvalue weighted by atomic mass is 9.82. The van der Waals surface area contributed by atoms with Gasteiger partial charge in [0, 0.05) is 10.6 Å². The molecule has 2 amide bonds. The number of amides is 2. The maximum absolute atomic E-state index is 13.5. The minimum atomic E-state index is -1.14. The Morgan fingerprint density at radius 3 is 2.26 bits per heavy atom. The van der Waals surface area contributed by atoms with Gasteiger partial charge in [0.15, 0.2) is 0 Å². The minimum Gasteiger partial charge on any atom is -0.481 e. The van der Waals surface area contributed by atoms with Crippen molar-refractivity contribution in [1.29, 1.82) is 0 Å². The second kappa shape index (κ2) is 12.6.